The van der Waals surface area contributed by atoms with Gasteiger partial charge in [0.1, 0.15) is 5.75 Å². The normalized spacial score (nSPS) is 19.9. The number of nitrogens with one attached hydrogen (secondary N) is 1. The zero-order valence-corrected chi connectivity index (χ0v) is 17.6. The summed E-state index contributed by atoms with van der Waals surface area (Å²) < 4.78 is 5.46. The monoisotopic (exact) mass is 459 g/mol. The highest BCUT2D eigenvalue weighted by molar-refractivity contribution is 14.0. The van der Waals surface area contributed by atoms with E-state index in [2.05, 4.69) is 28.3 Å². The average molecular weight is 459 g/mol. The number of guanidine groups is 1. The van der Waals surface area contributed by atoms with Crippen LogP contribution in [0.1, 0.15) is 36.0 Å². The van der Waals surface area contributed by atoms with E-state index in [4.69, 9.17) is 4.74 Å². The lowest BCUT2D eigenvalue weighted by Gasteiger charge is -2.26. The van der Waals surface area contributed by atoms with Crippen molar-refractivity contribution in [3.05, 3.63) is 28.8 Å². The Morgan fingerprint density at radius 2 is 2.16 bits per heavy atom. The number of fused-ring (bicyclic) bond motifs is 1. The Morgan fingerprint density at radius 3 is 2.88 bits per heavy atom. The summed E-state index contributed by atoms with van der Waals surface area (Å²) in [6, 6.07) is 3.91. The minimum Gasteiger partial charge on any atom is -0.508 e. The number of aliphatic imine (C=N–C) groups is 1. The highest BCUT2D eigenvalue weighted by atomic mass is 127. The van der Waals surface area contributed by atoms with Gasteiger partial charge in [-0.1, -0.05) is 6.07 Å². The maximum absolute atomic E-state index is 10.3. The zero-order chi connectivity index (χ0) is 16.9. The number of phenolic OH excluding ortho intramolecular Hbond substituents is 1. The second-order valence-corrected chi connectivity index (χ2v) is 6.92. The third-order valence-corrected chi connectivity index (χ3v) is 5.18. The fraction of sp³-hybridized carbons (Fsp3) is 0.632. The molecule has 1 atom stereocenters. The molecule has 1 aliphatic heterocycles. The maximum atomic E-state index is 10.3. The van der Waals surface area contributed by atoms with Crippen LogP contribution in [0.4, 0.5) is 0 Å². The van der Waals surface area contributed by atoms with E-state index in [9.17, 15) is 5.11 Å². The number of hydrogen-bond acceptors (Lipinski definition) is 3. The molecule has 140 valence electrons. The van der Waals surface area contributed by atoms with E-state index in [1.807, 2.05) is 13.1 Å². The van der Waals surface area contributed by atoms with E-state index in [1.54, 1.807) is 0 Å². The molecule has 0 saturated carbocycles. The van der Waals surface area contributed by atoms with Gasteiger partial charge in [0, 0.05) is 45.3 Å². The molecule has 0 aromatic heterocycles. The summed E-state index contributed by atoms with van der Waals surface area (Å²) in [5.74, 6) is 1.84. The van der Waals surface area contributed by atoms with Crippen molar-refractivity contribution in [2.45, 2.75) is 38.6 Å². The molecule has 0 spiro atoms. The number of hydrogen-bond donors (Lipinski definition) is 2. The minimum absolute atomic E-state index is 0. The topological polar surface area (TPSA) is 57.1 Å². The average Bonchev–Trinajstić information content (AvgIpc) is 3.10. The molecule has 1 fully saturated rings. The van der Waals surface area contributed by atoms with Gasteiger partial charge in [-0.2, -0.15) is 0 Å². The van der Waals surface area contributed by atoms with Crippen molar-refractivity contribution in [3.63, 3.8) is 0 Å². The van der Waals surface area contributed by atoms with Crippen molar-refractivity contribution < 1.29 is 9.84 Å². The van der Waals surface area contributed by atoms with Crippen LogP contribution < -0.4 is 5.32 Å². The number of rotatable bonds is 4. The lowest BCUT2D eigenvalue weighted by Crippen LogP contribution is -2.41. The van der Waals surface area contributed by atoms with Gasteiger partial charge in [0.15, 0.2) is 5.96 Å². The van der Waals surface area contributed by atoms with Gasteiger partial charge in [-0.3, -0.25) is 4.99 Å². The van der Waals surface area contributed by atoms with E-state index in [0.29, 0.717) is 18.2 Å². The number of ether oxygens (including phenoxy) is 1. The summed E-state index contributed by atoms with van der Waals surface area (Å²) in [5.41, 5.74) is 3.75. The number of nitrogens with zero attached hydrogens (tertiary/aromatic N) is 2. The van der Waals surface area contributed by atoms with E-state index >= 15 is 0 Å². The quantitative estimate of drug-likeness (QED) is 0.413. The van der Waals surface area contributed by atoms with Crippen molar-refractivity contribution in [3.8, 4) is 5.75 Å². The predicted molar refractivity (Wildman–Crippen MR) is 112 cm³/mol. The summed E-state index contributed by atoms with van der Waals surface area (Å²) in [7, 11) is 3.87. The Balaban J connectivity index is 0.00000225. The van der Waals surface area contributed by atoms with Crippen LogP contribution in [-0.2, 0) is 24.1 Å². The molecule has 0 amide bonds. The third kappa shape index (κ3) is 5.00. The largest absolute Gasteiger partial charge is 0.508 e. The first-order chi connectivity index (χ1) is 11.7. The third-order valence-electron chi connectivity index (χ3n) is 5.18. The summed E-state index contributed by atoms with van der Waals surface area (Å²) in [4.78, 5) is 6.55. The van der Waals surface area contributed by atoms with E-state index in [0.717, 1.165) is 50.5 Å². The molecule has 1 aliphatic carbocycles. The highest BCUT2D eigenvalue weighted by Gasteiger charge is 2.20. The zero-order valence-electron chi connectivity index (χ0n) is 15.3. The summed E-state index contributed by atoms with van der Waals surface area (Å²) in [6.45, 7) is 3.27. The van der Waals surface area contributed by atoms with Crippen LogP contribution in [0.3, 0.4) is 0 Å². The Morgan fingerprint density at radius 1 is 1.36 bits per heavy atom. The predicted octanol–water partition coefficient (Wildman–Crippen LogP) is 2.93. The van der Waals surface area contributed by atoms with Gasteiger partial charge in [0.25, 0.3) is 0 Å². The summed E-state index contributed by atoms with van der Waals surface area (Å²) in [6.07, 6.45) is 5.76. The van der Waals surface area contributed by atoms with Crippen LogP contribution in [0.15, 0.2) is 17.1 Å². The molecule has 1 heterocycles. The van der Waals surface area contributed by atoms with Crippen molar-refractivity contribution >= 4 is 29.9 Å². The van der Waals surface area contributed by atoms with Gasteiger partial charge in [0.05, 0.1) is 6.61 Å². The van der Waals surface area contributed by atoms with E-state index < -0.39 is 0 Å². The fourth-order valence-corrected chi connectivity index (χ4v) is 3.84. The van der Waals surface area contributed by atoms with Crippen LogP contribution in [0.2, 0.25) is 0 Å². The standard InChI is InChI=1S/C19H29N3O2.HI/c1-20-19(22(2)12-14-9-10-24-13-14)21-11-17-16-6-4-3-5-15(16)7-8-18(17)23;/h7-8,14,23H,3-6,9-13H2,1-2H3,(H,20,21);1H. The van der Waals surface area contributed by atoms with Crippen LogP contribution in [-0.4, -0.2) is 49.8 Å². The molecule has 6 heteroatoms. The molecule has 25 heavy (non-hydrogen) atoms. The van der Waals surface area contributed by atoms with Crippen molar-refractivity contribution in [1.29, 1.82) is 0 Å². The molecule has 1 saturated heterocycles. The van der Waals surface area contributed by atoms with Crippen molar-refractivity contribution in [2.75, 3.05) is 33.9 Å². The highest BCUT2D eigenvalue weighted by Crippen LogP contribution is 2.30. The van der Waals surface area contributed by atoms with Crippen LogP contribution in [0.5, 0.6) is 5.75 Å². The fourth-order valence-electron chi connectivity index (χ4n) is 3.84. The Hall–Kier alpha value is -1.02. The number of aryl methyl sites for hydroxylation is 1. The van der Waals surface area contributed by atoms with Gasteiger partial charge in [-0.15, -0.1) is 24.0 Å². The maximum Gasteiger partial charge on any atom is 0.193 e. The minimum atomic E-state index is 0. The van der Waals surface area contributed by atoms with Crippen LogP contribution in [0.25, 0.3) is 0 Å². The molecule has 0 bridgehead atoms. The van der Waals surface area contributed by atoms with Gasteiger partial charge in [-0.25, -0.2) is 0 Å². The molecule has 5 nitrogen and oxygen atoms in total. The molecule has 2 N–H and O–H groups in total. The lowest BCUT2D eigenvalue weighted by molar-refractivity contribution is 0.181. The summed E-state index contributed by atoms with van der Waals surface area (Å²) in [5, 5.41) is 13.7. The smallest absolute Gasteiger partial charge is 0.193 e. The Labute approximate surface area is 167 Å². The Kier molecular flexibility index (Phi) is 7.81. The van der Waals surface area contributed by atoms with Gasteiger partial charge < -0.3 is 20.1 Å². The second kappa shape index (κ2) is 9.62. The number of benzene rings is 1. The first-order valence-corrected chi connectivity index (χ1v) is 9.01. The molecule has 1 aromatic rings. The van der Waals surface area contributed by atoms with Crippen molar-refractivity contribution in [2.24, 2.45) is 10.9 Å². The Bertz CT molecular complexity index is 601. The molecule has 1 aromatic carbocycles. The molecular formula is C19H30IN3O2. The van der Waals surface area contributed by atoms with E-state index in [1.165, 1.54) is 24.0 Å². The van der Waals surface area contributed by atoms with Gasteiger partial charge in [-0.05, 0) is 49.3 Å². The van der Waals surface area contributed by atoms with Gasteiger partial charge >= 0.3 is 0 Å². The number of halogens is 1. The molecule has 0 radical (unpaired) electrons. The van der Waals surface area contributed by atoms with Crippen molar-refractivity contribution in [1.82, 2.24) is 10.2 Å². The van der Waals surface area contributed by atoms with E-state index in [-0.39, 0.29) is 24.0 Å². The number of phenols is 1. The molecule has 2 aliphatic rings. The number of aromatic hydroxyl groups is 1. The summed E-state index contributed by atoms with van der Waals surface area (Å²) >= 11 is 0. The second-order valence-electron chi connectivity index (χ2n) is 6.92. The first-order valence-electron chi connectivity index (χ1n) is 9.01. The first kappa shape index (κ1) is 20.3. The molecular weight excluding hydrogens is 429 g/mol. The lowest BCUT2D eigenvalue weighted by atomic mass is 9.88. The van der Waals surface area contributed by atoms with Crippen LogP contribution >= 0.6 is 24.0 Å². The molecule has 3 rings (SSSR count). The van der Waals surface area contributed by atoms with Gasteiger partial charge in [0.2, 0.25) is 0 Å². The van der Waals surface area contributed by atoms with Crippen LogP contribution in [0, 0.1) is 5.92 Å². The SMILES string of the molecule is CN=C(NCc1c(O)ccc2c1CCCC2)N(C)CC1CCOC1.I. The molecule has 1 unspecified atom stereocenters.